The Balaban J connectivity index is 2.28. The number of ether oxygens (including phenoxy) is 2. The van der Waals surface area contributed by atoms with Gasteiger partial charge in [0, 0.05) is 18.2 Å². The van der Waals surface area contributed by atoms with Gasteiger partial charge in [-0.05, 0) is 32.4 Å². The maximum atomic E-state index is 6.16. The quantitative estimate of drug-likeness (QED) is 0.792. The summed E-state index contributed by atoms with van der Waals surface area (Å²) in [6, 6.07) is 6.90. The first-order valence-electron chi connectivity index (χ1n) is 8.94. The lowest BCUT2D eigenvalue weighted by molar-refractivity contribution is 0.137. The second-order valence-corrected chi connectivity index (χ2v) is 6.44. The lowest BCUT2D eigenvalue weighted by Crippen LogP contribution is -2.39. The molecule has 1 aliphatic rings. The van der Waals surface area contributed by atoms with E-state index >= 15 is 0 Å². The molecular weight excluding hydrogens is 288 g/mol. The average molecular weight is 320 g/mol. The smallest absolute Gasteiger partial charge is 0.165 e. The van der Waals surface area contributed by atoms with E-state index < -0.39 is 0 Å². The summed E-state index contributed by atoms with van der Waals surface area (Å²) in [6.07, 6.45) is 7.52. The van der Waals surface area contributed by atoms with Crippen LogP contribution in [-0.4, -0.2) is 38.3 Å². The van der Waals surface area contributed by atoms with Crippen molar-refractivity contribution in [3.8, 4) is 11.5 Å². The number of hydrogen-bond acceptors (Lipinski definition) is 4. The molecule has 4 nitrogen and oxygen atoms in total. The van der Waals surface area contributed by atoms with Gasteiger partial charge in [0.05, 0.1) is 19.8 Å². The molecule has 23 heavy (non-hydrogen) atoms. The first kappa shape index (κ1) is 18.1. The minimum Gasteiger partial charge on any atom is -0.493 e. The van der Waals surface area contributed by atoms with E-state index in [1.54, 1.807) is 7.11 Å². The molecule has 0 aliphatic heterocycles. The molecule has 1 saturated carbocycles. The van der Waals surface area contributed by atoms with Gasteiger partial charge < -0.3 is 15.2 Å². The van der Waals surface area contributed by atoms with Crippen molar-refractivity contribution in [3.63, 3.8) is 0 Å². The van der Waals surface area contributed by atoms with Crippen LogP contribution in [-0.2, 0) is 0 Å². The standard InChI is InChI=1S/C19H32N2O2/c1-4-13-23-19-16(11-8-12-18(19)22-3)17(14-20)21(2)15-9-6-5-7-10-15/h8,11-12,15,17H,4-7,9-10,13-14,20H2,1-3H3. The largest absolute Gasteiger partial charge is 0.493 e. The van der Waals surface area contributed by atoms with Gasteiger partial charge in [-0.25, -0.2) is 0 Å². The zero-order chi connectivity index (χ0) is 16.7. The van der Waals surface area contributed by atoms with E-state index in [1.165, 1.54) is 32.1 Å². The van der Waals surface area contributed by atoms with Crippen molar-refractivity contribution in [2.45, 2.75) is 57.5 Å². The fourth-order valence-electron chi connectivity index (χ4n) is 3.57. The Labute approximate surface area is 140 Å². The molecular formula is C19H32N2O2. The number of nitrogens with two attached hydrogens (primary N) is 1. The van der Waals surface area contributed by atoms with E-state index in [-0.39, 0.29) is 6.04 Å². The molecule has 1 atom stereocenters. The molecule has 1 fully saturated rings. The Kier molecular flexibility index (Phi) is 7.18. The predicted molar refractivity (Wildman–Crippen MR) is 95.2 cm³/mol. The highest BCUT2D eigenvalue weighted by atomic mass is 16.5. The molecule has 4 heteroatoms. The van der Waals surface area contributed by atoms with E-state index in [1.807, 2.05) is 12.1 Å². The Hall–Kier alpha value is -1.26. The zero-order valence-corrected chi connectivity index (χ0v) is 14.9. The molecule has 2 rings (SSSR count). The topological polar surface area (TPSA) is 47.7 Å². The van der Waals surface area contributed by atoms with Gasteiger partial charge in [0.15, 0.2) is 11.5 Å². The van der Waals surface area contributed by atoms with Gasteiger partial charge in [-0.2, -0.15) is 0 Å². The van der Waals surface area contributed by atoms with Crippen molar-refractivity contribution in [1.82, 2.24) is 4.90 Å². The third kappa shape index (κ3) is 4.39. The lowest BCUT2D eigenvalue weighted by atomic mass is 9.92. The van der Waals surface area contributed by atoms with Crippen LogP contribution in [0.3, 0.4) is 0 Å². The summed E-state index contributed by atoms with van der Waals surface area (Å²) in [5.41, 5.74) is 7.31. The van der Waals surface area contributed by atoms with E-state index in [2.05, 4.69) is 24.9 Å². The van der Waals surface area contributed by atoms with Crippen LogP contribution in [0.2, 0.25) is 0 Å². The fourth-order valence-corrected chi connectivity index (χ4v) is 3.57. The van der Waals surface area contributed by atoms with Crippen LogP contribution in [0.1, 0.15) is 57.1 Å². The summed E-state index contributed by atoms with van der Waals surface area (Å²) in [4.78, 5) is 2.45. The van der Waals surface area contributed by atoms with Gasteiger partial charge in [0.2, 0.25) is 0 Å². The van der Waals surface area contributed by atoms with Crippen LogP contribution in [0.5, 0.6) is 11.5 Å². The second-order valence-electron chi connectivity index (χ2n) is 6.44. The fraction of sp³-hybridized carbons (Fsp3) is 0.684. The number of benzene rings is 1. The number of methoxy groups -OCH3 is 1. The van der Waals surface area contributed by atoms with Gasteiger partial charge in [-0.3, -0.25) is 4.90 Å². The van der Waals surface area contributed by atoms with E-state index in [9.17, 15) is 0 Å². The second kappa shape index (κ2) is 9.14. The number of nitrogens with zero attached hydrogens (tertiary/aromatic N) is 1. The van der Waals surface area contributed by atoms with E-state index in [0.717, 1.165) is 23.5 Å². The van der Waals surface area contributed by atoms with E-state index in [0.29, 0.717) is 19.2 Å². The third-order valence-corrected chi connectivity index (χ3v) is 4.90. The molecule has 1 aromatic carbocycles. The van der Waals surface area contributed by atoms with Crippen LogP contribution in [0.25, 0.3) is 0 Å². The van der Waals surface area contributed by atoms with Crippen LogP contribution in [0.15, 0.2) is 18.2 Å². The maximum absolute atomic E-state index is 6.16. The summed E-state index contributed by atoms with van der Waals surface area (Å²) < 4.78 is 11.5. The molecule has 0 heterocycles. The SMILES string of the molecule is CCCOc1c(OC)cccc1C(CN)N(C)C1CCCCC1. The monoisotopic (exact) mass is 320 g/mol. The van der Waals surface area contributed by atoms with Crippen molar-refractivity contribution in [3.05, 3.63) is 23.8 Å². The average Bonchev–Trinajstić information content (AvgIpc) is 2.61. The third-order valence-electron chi connectivity index (χ3n) is 4.90. The first-order valence-corrected chi connectivity index (χ1v) is 8.94. The highest BCUT2D eigenvalue weighted by molar-refractivity contribution is 5.48. The summed E-state index contributed by atoms with van der Waals surface area (Å²) in [5.74, 6) is 1.65. The Morgan fingerprint density at radius 3 is 2.61 bits per heavy atom. The van der Waals surface area contributed by atoms with Crippen molar-refractivity contribution >= 4 is 0 Å². The van der Waals surface area contributed by atoms with Crippen molar-refractivity contribution in [2.75, 3.05) is 27.3 Å². The molecule has 1 aliphatic carbocycles. The molecule has 130 valence electrons. The molecule has 0 saturated heterocycles. The summed E-state index contributed by atoms with van der Waals surface area (Å²) in [7, 11) is 3.90. The van der Waals surface area contributed by atoms with Crippen molar-refractivity contribution < 1.29 is 9.47 Å². The van der Waals surface area contributed by atoms with Gasteiger partial charge >= 0.3 is 0 Å². The van der Waals surface area contributed by atoms with Crippen LogP contribution in [0, 0.1) is 0 Å². The van der Waals surface area contributed by atoms with E-state index in [4.69, 9.17) is 15.2 Å². The molecule has 0 amide bonds. The van der Waals surface area contributed by atoms with Crippen LogP contribution < -0.4 is 15.2 Å². The van der Waals surface area contributed by atoms with Gasteiger partial charge in [0.1, 0.15) is 0 Å². The number of likely N-dealkylation sites (N-methyl/N-ethyl adjacent to an activating group) is 1. The highest BCUT2D eigenvalue weighted by Crippen LogP contribution is 2.38. The molecule has 0 radical (unpaired) electrons. The predicted octanol–water partition coefficient (Wildman–Crippen LogP) is 3.75. The number of para-hydroxylation sites is 1. The summed E-state index contributed by atoms with van der Waals surface area (Å²) >= 11 is 0. The van der Waals surface area contributed by atoms with Crippen LogP contribution in [0.4, 0.5) is 0 Å². The summed E-state index contributed by atoms with van der Waals surface area (Å²) in [5, 5.41) is 0. The first-order chi connectivity index (χ1) is 11.2. The Morgan fingerprint density at radius 2 is 2.00 bits per heavy atom. The van der Waals surface area contributed by atoms with Gasteiger partial charge in [0.25, 0.3) is 0 Å². The summed E-state index contributed by atoms with van der Waals surface area (Å²) in [6.45, 7) is 3.39. The highest BCUT2D eigenvalue weighted by Gasteiger charge is 2.27. The molecule has 1 unspecified atom stereocenters. The molecule has 0 bridgehead atoms. The molecule has 0 spiro atoms. The van der Waals surface area contributed by atoms with Crippen molar-refractivity contribution in [1.29, 1.82) is 0 Å². The lowest BCUT2D eigenvalue weighted by Gasteiger charge is -2.37. The van der Waals surface area contributed by atoms with Gasteiger partial charge in [-0.1, -0.05) is 38.3 Å². The maximum Gasteiger partial charge on any atom is 0.165 e. The normalized spacial score (nSPS) is 17.3. The van der Waals surface area contributed by atoms with Gasteiger partial charge in [-0.15, -0.1) is 0 Å². The number of rotatable bonds is 8. The Morgan fingerprint density at radius 1 is 1.26 bits per heavy atom. The Bertz CT molecular complexity index is 472. The van der Waals surface area contributed by atoms with Crippen molar-refractivity contribution in [2.24, 2.45) is 5.73 Å². The molecule has 1 aromatic rings. The molecule has 0 aromatic heterocycles. The molecule has 2 N–H and O–H groups in total. The minimum atomic E-state index is 0.167. The van der Waals surface area contributed by atoms with Crippen LogP contribution >= 0.6 is 0 Å². The zero-order valence-electron chi connectivity index (χ0n) is 14.9. The minimum absolute atomic E-state index is 0.167. The number of hydrogen-bond donors (Lipinski definition) is 1.